The van der Waals surface area contributed by atoms with Crippen molar-refractivity contribution in [3.05, 3.63) is 21.3 Å². The van der Waals surface area contributed by atoms with Crippen molar-refractivity contribution < 1.29 is 14.3 Å². The fraction of sp³-hybridized carbons (Fsp3) is 0.706. The molecule has 1 aromatic heterocycles. The summed E-state index contributed by atoms with van der Waals surface area (Å²) >= 11 is 7.66. The lowest BCUT2D eigenvalue weighted by molar-refractivity contribution is -0.132. The average Bonchev–Trinajstić information content (AvgIpc) is 2.91. The van der Waals surface area contributed by atoms with Crippen molar-refractivity contribution >= 4 is 28.8 Å². The SMILES string of the molecule is COCCN1CC2(CCN(Cc3ccc(Cl)s3)CC2)OCCC1=O. The van der Waals surface area contributed by atoms with Gasteiger partial charge in [0.2, 0.25) is 5.91 Å². The molecule has 2 aliphatic rings. The molecule has 5 nitrogen and oxygen atoms in total. The average molecular weight is 373 g/mol. The number of halogens is 1. The third-order valence-electron chi connectivity index (χ3n) is 4.90. The molecule has 0 radical (unpaired) electrons. The lowest BCUT2D eigenvalue weighted by atomic mass is 9.90. The summed E-state index contributed by atoms with van der Waals surface area (Å²) in [5, 5.41) is 0. The summed E-state index contributed by atoms with van der Waals surface area (Å²) in [5.74, 6) is 0.180. The second kappa shape index (κ2) is 8.15. The van der Waals surface area contributed by atoms with Crippen LogP contribution in [0.1, 0.15) is 24.1 Å². The number of hydrogen-bond acceptors (Lipinski definition) is 5. The number of piperidine rings is 1. The Kier molecular flexibility index (Phi) is 6.16. The van der Waals surface area contributed by atoms with Gasteiger partial charge in [0.1, 0.15) is 0 Å². The van der Waals surface area contributed by atoms with E-state index in [4.69, 9.17) is 21.1 Å². The molecule has 2 saturated heterocycles. The van der Waals surface area contributed by atoms with Crippen LogP contribution in [0.5, 0.6) is 0 Å². The first kappa shape index (κ1) is 18.1. The zero-order chi connectivity index (χ0) is 17.0. The lowest BCUT2D eigenvalue weighted by Crippen LogP contribution is -2.52. The van der Waals surface area contributed by atoms with E-state index in [2.05, 4.69) is 11.0 Å². The Labute approximate surface area is 152 Å². The number of rotatable bonds is 5. The van der Waals surface area contributed by atoms with Crippen LogP contribution in [0.25, 0.3) is 0 Å². The molecule has 0 aromatic carbocycles. The van der Waals surface area contributed by atoms with Crippen LogP contribution in [0.3, 0.4) is 0 Å². The number of thiophene rings is 1. The Morgan fingerprint density at radius 2 is 2.17 bits per heavy atom. The summed E-state index contributed by atoms with van der Waals surface area (Å²) in [5.41, 5.74) is -0.191. The maximum atomic E-state index is 12.2. The molecular formula is C17H25ClN2O3S. The van der Waals surface area contributed by atoms with Gasteiger partial charge in [0, 0.05) is 44.7 Å². The van der Waals surface area contributed by atoms with Gasteiger partial charge in [0.15, 0.2) is 0 Å². The van der Waals surface area contributed by atoms with Crippen LogP contribution in [-0.4, -0.2) is 67.8 Å². The van der Waals surface area contributed by atoms with E-state index >= 15 is 0 Å². The summed E-state index contributed by atoms with van der Waals surface area (Å²) in [7, 11) is 1.67. The van der Waals surface area contributed by atoms with Crippen molar-refractivity contribution in [1.29, 1.82) is 0 Å². The van der Waals surface area contributed by atoms with Gasteiger partial charge < -0.3 is 14.4 Å². The third kappa shape index (κ3) is 4.49. The van der Waals surface area contributed by atoms with Crippen molar-refractivity contribution in [2.24, 2.45) is 0 Å². The summed E-state index contributed by atoms with van der Waals surface area (Å²) in [6.07, 6.45) is 2.40. The Bertz CT molecular complexity index is 558. The predicted octanol–water partition coefficient (Wildman–Crippen LogP) is 2.63. The molecule has 0 atom stereocenters. The van der Waals surface area contributed by atoms with Gasteiger partial charge in [-0.1, -0.05) is 11.6 Å². The molecule has 0 saturated carbocycles. The quantitative estimate of drug-likeness (QED) is 0.796. The number of methoxy groups -OCH3 is 1. The van der Waals surface area contributed by atoms with Crippen LogP contribution in [0.4, 0.5) is 0 Å². The van der Waals surface area contributed by atoms with Crippen molar-refractivity contribution in [3.63, 3.8) is 0 Å². The number of amides is 1. The second-order valence-corrected chi connectivity index (χ2v) is 8.37. The summed E-state index contributed by atoms with van der Waals surface area (Å²) in [6.45, 7) is 5.37. The zero-order valence-corrected chi connectivity index (χ0v) is 15.7. The number of likely N-dealkylation sites (tertiary alicyclic amines) is 1. The van der Waals surface area contributed by atoms with Crippen LogP contribution < -0.4 is 0 Å². The lowest BCUT2D eigenvalue weighted by Gasteiger charge is -2.42. The number of ether oxygens (including phenoxy) is 2. The topological polar surface area (TPSA) is 42.0 Å². The van der Waals surface area contributed by atoms with E-state index in [1.165, 1.54) is 4.88 Å². The minimum atomic E-state index is -0.191. The van der Waals surface area contributed by atoms with E-state index < -0.39 is 0 Å². The molecule has 24 heavy (non-hydrogen) atoms. The zero-order valence-electron chi connectivity index (χ0n) is 14.1. The monoisotopic (exact) mass is 372 g/mol. The first-order chi connectivity index (χ1) is 11.6. The first-order valence-electron chi connectivity index (χ1n) is 8.47. The molecule has 134 valence electrons. The van der Waals surface area contributed by atoms with Crippen molar-refractivity contribution in [1.82, 2.24) is 9.80 Å². The van der Waals surface area contributed by atoms with Gasteiger partial charge in [-0.15, -0.1) is 11.3 Å². The molecule has 1 spiro atoms. The molecule has 2 fully saturated rings. The number of carbonyl (C=O) groups is 1. The highest BCUT2D eigenvalue weighted by Gasteiger charge is 2.40. The predicted molar refractivity (Wildman–Crippen MR) is 95.6 cm³/mol. The van der Waals surface area contributed by atoms with Gasteiger partial charge in [-0.05, 0) is 25.0 Å². The molecule has 7 heteroatoms. The Morgan fingerprint density at radius 1 is 1.38 bits per heavy atom. The van der Waals surface area contributed by atoms with E-state index in [9.17, 15) is 4.79 Å². The van der Waals surface area contributed by atoms with Crippen LogP contribution in [-0.2, 0) is 20.8 Å². The van der Waals surface area contributed by atoms with Crippen LogP contribution in [0.2, 0.25) is 4.34 Å². The maximum absolute atomic E-state index is 12.2. The second-order valence-electron chi connectivity index (χ2n) is 6.57. The van der Waals surface area contributed by atoms with Crippen LogP contribution in [0.15, 0.2) is 12.1 Å². The largest absolute Gasteiger partial charge is 0.383 e. The normalized spacial score (nSPS) is 22.1. The fourth-order valence-electron chi connectivity index (χ4n) is 3.48. The molecule has 0 N–H and O–H groups in total. The minimum absolute atomic E-state index is 0.180. The standard InChI is InChI=1S/C17H25ClN2O3S/c1-22-11-9-20-13-17(23-10-4-16(20)21)5-7-19(8-6-17)12-14-2-3-15(18)24-14/h2-3H,4-13H2,1H3. The maximum Gasteiger partial charge on any atom is 0.225 e. The smallest absolute Gasteiger partial charge is 0.225 e. The van der Waals surface area contributed by atoms with Gasteiger partial charge in [0.05, 0.1) is 29.6 Å². The number of carbonyl (C=O) groups excluding carboxylic acids is 1. The summed E-state index contributed by atoms with van der Waals surface area (Å²) < 4.78 is 12.2. The van der Waals surface area contributed by atoms with E-state index in [0.717, 1.165) is 36.8 Å². The molecule has 3 rings (SSSR count). The molecule has 1 amide bonds. The van der Waals surface area contributed by atoms with Gasteiger partial charge in [-0.3, -0.25) is 9.69 Å². The van der Waals surface area contributed by atoms with Crippen LogP contribution in [0, 0.1) is 0 Å². The van der Waals surface area contributed by atoms with Gasteiger partial charge in [-0.2, -0.15) is 0 Å². The highest BCUT2D eigenvalue weighted by molar-refractivity contribution is 7.16. The van der Waals surface area contributed by atoms with E-state index in [0.29, 0.717) is 32.7 Å². The fourth-order valence-corrected chi connectivity index (χ4v) is 4.61. The molecule has 3 heterocycles. The third-order valence-corrected chi connectivity index (χ3v) is 6.11. The van der Waals surface area contributed by atoms with Crippen molar-refractivity contribution in [3.8, 4) is 0 Å². The Hall–Kier alpha value is -0.660. The highest BCUT2D eigenvalue weighted by Crippen LogP contribution is 2.31. The van der Waals surface area contributed by atoms with Crippen molar-refractivity contribution in [2.75, 3.05) is 46.5 Å². The molecular weight excluding hydrogens is 348 g/mol. The molecule has 0 aliphatic carbocycles. The Morgan fingerprint density at radius 3 is 2.83 bits per heavy atom. The molecule has 1 aromatic rings. The first-order valence-corrected chi connectivity index (χ1v) is 9.67. The van der Waals surface area contributed by atoms with Gasteiger partial charge in [0.25, 0.3) is 0 Å². The number of hydrogen-bond donors (Lipinski definition) is 0. The van der Waals surface area contributed by atoms with Crippen molar-refractivity contribution in [2.45, 2.75) is 31.4 Å². The minimum Gasteiger partial charge on any atom is -0.383 e. The van der Waals surface area contributed by atoms with Gasteiger partial charge >= 0.3 is 0 Å². The molecule has 0 unspecified atom stereocenters. The number of nitrogens with zero attached hydrogens (tertiary/aromatic N) is 2. The highest BCUT2D eigenvalue weighted by atomic mass is 35.5. The van der Waals surface area contributed by atoms with Crippen LogP contribution >= 0.6 is 22.9 Å². The molecule has 0 bridgehead atoms. The van der Waals surface area contributed by atoms with E-state index in [1.54, 1.807) is 18.4 Å². The summed E-state index contributed by atoms with van der Waals surface area (Å²) in [4.78, 5) is 17.9. The van der Waals surface area contributed by atoms with Gasteiger partial charge in [-0.25, -0.2) is 0 Å². The molecule has 2 aliphatic heterocycles. The van der Waals surface area contributed by atoms with E-state index in [1.807, 2.05) is 11.0 Å². The van der Waals surface area contributed by atoms with E-state index in [-0.39, 0.29) is 11.5 Å². The Balaban J connectivity index is 1.57. The summed E-state index contributed by atoms with van der Waals surface area (Å²) in [6, 6.07) is 4.06.